The standard InChI is InChI=1S/C23H21ClN4O5/c1-13-12-27(7-8-28(13)23(31)32)21(29)14-3-5-16-17(24)10-19(26-20(16)9-14)15-4-6-18(25-11-15)22(30)33-2/h3-6,9-11,13H,7-8,12H2,1-2H3,(H,31,32). The Morgan fingerprint density at radius 2 is 1.94 bits per heavy atom. The molecule has 0 spiro atoms. The van der Waals surface area contributed by atoms with Gasteiger partial charge in [-0.1, -0.05) is 17.7 Å². The fourth-order valence-electron chi connectivity index (χ4n) is 3.85. The fourth-order valence-corrected chi connectivity index (χ4v) is 4.11. The van der Waals surface area contributed by atoms with Crippen LogP contribution >= 0.6 is 11.6 Å². The molecule has 3 heterocycles. The topological polar surface area (TPSA) is 113 Å². The maximum Gasteiger partial charge on any atom is 0.407 e. The van der Waals surface area contributed by atoms with E-state index in [1.807, 2.05) is 0 Å². The third-order valence-corrected chi connectivity index (χ3v) is 5.93. The lowest BCUT2D eigenvalue weighted by Gasteiger charge is -2.38. The molecule has 1 N–H and O–H groups in total. The van der Waals surface area contributed by atoms with E-state index in [-0.39, 0.29) is 24.2 Å². The van der Waals surface area contributed by atoms with Gasteiger partial charge in [-0.2, -0.15) is 0 Å². The van der Waals surface area contributed by atoms with Crippen molar-refractivity contribution in [1.29, 1.82) is 0 Å². The highest BCUT2D eigenvalue weighted by atomic mass is 35.5. The number of rotatable bonds is 3. The third kappa shape index (κ3) is 4.45. The molecule has 0 saturated carbocycles. The maximum absolute atomic E-state index is 13.1. The minimum Gasteiger partial charge on any atom is -0.465 e. The number of carboxylic acid groups (broad SMARTS) is 1. The number of hydrogen-bond donors (Lipinski definition) is 1. The highest BCUT2D eigenvalue weighted by Gasteiger charge is 2.30. The van der Waals surface area contributed by atoms with Gasteiger partial charge < -0.3 is 19.6 Å². The first-order valence-corrected chi connectivity index (χ1v) is 10.6. The Balaban J connectivity index is 1.62. The molecule has 2 amide bonds. The molecule has 0 aliphatic carbocycles. The number of aromatic nitrogens is 2. The number of esters is 1. The van der Waals surface area contributed by atoms with E-state index in [2.05, 4.69) is 14.7 Å². The van der Waals surface area contributed by atoms with Gasteiger partial charge in [-0.05, 0) is 37.3 Å². The Hall–Kier alpha value is -3.72. The summed E-state index contributed by atoms with van der Waals surface area (Å²) in [5.74, 6) is -0.728. The van der Waals surface area contributed by atoms with Crippen LogP contribution in [0, 0.1) is 0 Å². The number of halogens is 1. The predicted molar refractivity (Wildman–Crippen MR) is 121 cm³/mol. The summed E-state index contributed by atoms with van der Waals surface area (Å²) >= 11 is 6.47. The lowest BCUT2D eigenvalue weighted by Crippen LogP contribution is -2.55. The minimum absolute atomic E-state index is 0.179. The smallest absolute Gasteiger partial charge is 0.407 e. The van der Waals surface area contributed by atoms with Gasteiger partial charge in [0.15, 0.2) is 0 Å². The first kappa shape index (κ1) is 22.5. The molecular formula is C23H21ClN4O5. The number of piperazine rings is 1. The first-order valence-electron chi connectivity index (χ1n) is 10.2. The second kappa shape index (κ2) is 9.03. The highest BCUT2D eigenvalue weighted by molar-refractivity contribution is 6.35. The number of methoxy groups -OCH3 is 1. The van der Waals surface area contributed by atoms with Gasteiger partial charge in [-0.15, -0.1) is 0 Å². The first-order chi connectivity index (χ1) is 15.8. The molecule has 33 heavy (non-hydrogen) atoms. The molecule has 2 aromatic heterocycles. The SMILES string of the molecule is COC(=O)c1ccc(-c2cc(Cl)c3ccc(C(=O)N4CCN(C(=O)O)C(C)C4)cc3n2)cn1. The summed E-state index contributed by atoms with van der Waals surface area (Å²) in [7, 11) is 1.29. The fraction of sp³-hybridized carbons (Fsp3) is 0.261. The van der Waals surface area contributed by atoms with E-state index in [0.717, 1.165) is 0 Å². The van der Waals surface area contributed by atoms with Crippen molar-refractivity contribution in [3.8, 4) is 11.3 Å². The second-order valence-electron chi connectivity index (χ2n) is 7.72. The van der Waals surface area contributed by atoms with Crippen molar-refractivity contribution in [1.82, 2.24) is 19.8 Å². The molecule has 4 rings (SSSR count). The number of pyridine rings is 2. The molecule has 170 valence electrons. The Morgan fingerprint density at radius 1 is 1.15 bits per heavy atom. The van der Waals surface area contributed by atoms with Crippen molar-refractivity contribution in [2.45, 2.75) is 13.0 Å². The van der Waals surface area contributed by atoms with E-state index in [1.54, 1.807) is 48.2 Å². The maximum atomic E-state index is 13.1. The van der Waals surface area contributed by atoms with E-state index in [9.17, 15) is 19.5 Å². The lowest BCUT2D eigenvalue weighted by molar-refractivity contribution is 0.0507. The summed E-state index contributed by atoms with van der Waals surface area (Å²) in [6.07, 6.45) is 0.524. The molecule has 1 atom stereocenters. The molecule has 1 fully saturated rings. The van der Waals surface area contributed by atoms with Crippen LogP contribution in [-0.2, 0) is 4.74 Å². The van der Waals surface area contributed by atoms with E-state index in [4.69, 9.17) is 11.6 Å². The number of amides is 2. The normalized spacial score (nSPS) is 16.0. The van der Waals surface area contributed by atoms with Gasteiger partial charge in [0, 0.05) is 48.4 Å². The van der Waals surface area contributed by atoms with E-state index in [0.29, 0.717) is 45.8 Å². The van der Waals surface area contributed by atoms with Crippen molar-refractivity contribution in [2.75, 3.05) is 26.7 Å². The highest BCUT2D eigenvalue weighted by Crippen LogP contribution is 2.29. The number of hydrogen-bond acceptors (Lipinski definition) is 6. The summed E-state index contributed by atoms with van der Waals surface area (Å²) in [5, 5.41) is 10.4. The van der Waals surface area contributed by atoms with Crippen LogP contribution in [0.3, 0.4) is 0 Å². The van der Waals surface area contributed by atoms with Crippen LogP contribution in [0.2, 0.25) is 5.02 Å². The lowest BCUT2D eigenvalue weighted by atomic mass is 10.1. The Labute approximate surface area is 194 Å². The van der Waals surface area contributed by atoms with Gasteiger partial charge in [0.1, 0.15) is 5.69 Å². The Morgan fingerprint density at radius 3 is 2.58 bits per heavy atom. The molecule has 1 aliphatic rings. The molecule has 0 bridgehead atoms. The van der Waals surface area contributed by atoms with Crippen molar-refractivity contribution in [2.24, 2.45) is 0 Å². The van der Waals surface area contributed by atoms with Crippen LogP contribution in [-0.4, -0.2) is 75.6 Å². The van der Waals surface area contributed by atoms with Gasteiger partial charge in [-0.25, -0.2) is 19.6 Å². The molecular weight excluding hydrogens is 448 g/mol. The van der Waals surface area contributed by atoms with Gasteiger partial charge in [-0.3, -0.25) is 4.79 Å². The van der Waals surface area contributed by atoms with Crippen LogP contribution in [0.4, 0.5) is 4.79 Å². The zero-order chi connectivity index (χ0) is 23.7. The van der Waals surface area contributed by atoms with Crippen LogP contribution in [0.25, 0.3) is 22.2 Å². The summed E-state index contributed by atoms with van der Waals surface area (Å²) in [5.41, 5.74) is 2.36. The van der Waals surface area contributed by atoms with Gasteiger partial charge in [0.05, 0.1) is 23.3 Å². The summed E-state index contributed by atoms with van der Waals surface area (Å²) < 4.78 is 4.66. The van der Waals surface area contributed by atoms with Crippen molar-refractivity contribution >= 4 is 40.5 Å². The summed E-state index contributed by atoms with van der Waals surface area (Å²) in [6, 6.07) is 9.77. The molecule has 0 radical (unpaired) electrons. The Kier molecular flexibility index (Phi) is 6.15. The van der Waals surface area contributed by atoms with Crippen LogP contribution in [0.15, 0.2) is 42.6 Å². The summed E-state index contributed by atoms with van der Waals surface area (Å²) in [4.78, 5) is 47.7. The molecule has 1 saturated heterocycles. The molecule has 10 heteroatoms. The predicted octanol–water partition coefficient (Wildman–Crippen LogP) is 3.56. The molecule has 1 aliphatic heterocycles. The third-order valence-electron chi connectivity index (χ3n) is 5.62. The number of ether oxygens (including phenoxy) is 1. The molecule has 3 aromatic rings. The van der Waals surface area contributed by atoms with E-state index >= 15 is 0 Å². The minimum atomic E-state index is -0.985. The largest absolute Gasteiger partial charge is 0.465 e. The number of fused-ring (bicyclic) bond motifs is 1. The van der Waals surface area contributed by atoms with Crippen molar-refractivity contribution in [3.63, 3.8) is 0 Å². The average Bonchev–Trinajstić information content (AvgIpc) is 2.82. The average molecular weight is 469 g/mol. The van der Waals surface area contributed by atoms with Crippen molar-refractivity contribution < 1.29 is 24.2 Å². The van der Waals surface area contributed by atoms with Crippen LogP contribution in [0.5, 0.6) is 0 Å². The number of carbonyl (C=O) groups excluding carboxylic acids is 2. The number of carbonyl (C=O) groups is 3. The number of benzene rings is 1. The monoisotopic (exact) mass is 468 g/mol. The van der Waals surface area contributed by atoms with E-state index in [1.165, 1.54) is 18.2 Å². The van der Waals surface area contributed by atoms with Gasteiger partial charge in [0.2, 0.25) is 0 Å². The quantitative estimate of drug-likeness (QED) is 0.584. The van der Waals surface area contributed by atoms with Crippen molar-refractivity contribution in [3.05, 3.63) is 58.9 Å². The van der Waals surface area contributed by atoms with Crippen LogP contribution in [0.1, 0.15) is 27.8 Å². The van der Waals surface area contributed by atoms with Gasteiger partial charge >= 0.3 is 12.1 Å². The molecule has 9 nitrogen and oxygen atoms in total. The zero-order valence-electron chi connectivity index (χ0n) is 18.0. The van der Waals surface area contributed by atoms with E-state index < -0.39 is 12.1 Å². The van der Waals surface area contributed by atoms with Gasteiger partial charge in [0.25, 0.3) is 5.91 Å². The number of nitrogens with zero attached hydrogens (tertiary/aromatic N) is 4. The second-order valence-corrected chi connectivity index (χ2v) is 8.13. The van der Waals surface area contributed by atoms with Crippen LogP contribution < -0.4 is 0 Å². The molecule has 1 unspecified atom stereocenters. The molecule has 1 aromatic carbocycles. The Bertz CT molecular complexity index is 1250. The zero-order valence-corrected chi connectivity index (χ0v) is 18.7. The summed E-state index contributed by atoms with van der Waals surface area (Å²) in [6.45, 7) is 2.68.